The highest BCUT2D eigenvalue weighted by atomic mass is 35.5. The van der Waals surface area contributed by atoms with Gasteiger partial charge >= 0.3 is 0 Å². The normalized spacial score (nSPS) is 22.0. The number of hydrogen-bond donors (Lipinski definition) is 1. The monoisotopic (exact) mass is 355 g/mol. The van der Waals surface area contributed by atoms with E-state index >= 15 is 0 Å². The van der Waals surface area contributed by atoms with Crippen LogP contribution in [0.5, 0.6) is 0 Å². The predicted molar refractivity (Wildman–Crippen MR) is 91.2 cm³/mol. The molecule has 1 N–H and O–H groups in total. The lowest BCUT2D eigenvalue weighted by Gasteiger charge is -2.32. The predicted octanol–water partition coefficient (Wildman–Crippen LogP) is 2.70. The fourth-order valence-electron chi connectivity index (χ4n) is 2.98. The summed E-state index contributed by atoms with van der Waals surface area (Å²) in [6.07, 6.45) is 1.81. The van der Waals surface area contributed by atoms with Crippen molar-refractivity contribution in [3.63, 3.8) is 0 Å². The SMILES string of the molecule is CNC1CCN(C(=O)C2CC(c3ccc(Cl)cc3Cl)=NO2)CC1. The van der Waals surface area contributed by atoms with Gasteiger partial charge in [-0.3, -0.25) is 4.79 Å². The standard InChI is InChI=1S/C16H19Cl2N3O2/c1-19-11-4-6-21(7-5-11)16(22)15-9-14(20-23-15)12-3-2-10(17)8-13(12)18/h2-3,8,11,15,19H,4-7,9H2,1H3. The van der Waals surface area contributed by atoms with E-state index in [1.165, 1.54) is 0 Å². The van der Waals surface area contributed by atoms with Gasteiger partial charge in [0, 0.05) is 36.1 Å². The van der Waals surface area contributed by atoms with E-state index in [9.17, 15) is 4.79 Å². The summed E-state index contributed by atoms with van der Waals surface area (Å²) in [7, 11) is 1.96. The third-order valence-corrected chi connectivity index (χ3v) is 4.95. The Balaban J connectivity index is 1.61. The molecule has 2 aliphatic rings. The molecule has 1 aromatic rings. The van der Waals surface area contributed by atoms with Crippen LogP contribution >= 0.6 is 23.2 Å². The van der Waals surface area contributed by atoms with E-state index in [1.807, 2.05) is 11.9 Å². The van der Waals surface area contributed by atoms with Crippen molar-refractivity contribution < 1.29 is 9.63 Å². The summed E-state index contributed by atoms with van der Waals surface area (Å²) in [4.78, 5) is 19.8. The van der Waals surface area contributed by atoms with Crippen LogP contribution in [-0.2, 0) is 9.63 Å². The van der Waals surface area contributed by atoms with Gasteiger partial charge in [-0.25, -0.2) is 0 Å². The molecule has 7 heteroatoms. The van der Waals surface area contributed by atoms with Crippen LogP contribution in [-0.4, -0.2) is 48.8 Å². The highest BCUT2D eigenvalue weighted by molar-refractivity contribution is 6.37. The number of carbonyl (C=O) groups is 1. The molecule has 2 heterocycles. The Labute approximate surface area is 145 Å². The minimum Gasteiger partial charge on any atom is -0.382 e. The third-order valence-electron chi connectivity index (χ3n) is 4.40. The van der Waals surface area contributed by atoms with Crippen molar-refractivity contribution in [2.24, 2.45) is 5.16 Å². The van der Waals surface area contributed by atoms with Gasteiger partial charge in [0.1, 0.15) is 0 Å². The lowest BCUT2D eigenvalue weighted by molar-refractivity contribution is -0.143. The van der Waals surface area contributed by atoms with Crippen molar-refractivity contribution in [1.82, 2.24) is 10.2 Å². The molecule has 5 nitrogen and oxygen atoms in total. The number of amides is 1. The number of oxime groups is 1. The zero-order chi connectivity index (χ0) is 16.4. The summed E-state index contributed by atoms with van der Waals surface area (Å²) in [5.41, 5.74) is 1.45. The van der Waals surface area contributed by atoms with Crippen molar-refractivity contribution >= 4 is 34.8 Å². The van der Waals surface area contributed by atoms with Crippen LogP contribution < -0.4 is 5.32 Å². The third kappa shape index (κ3) is 3.62. The first kappa shape index (κ1) is 16.6. The Hall–Kier alpha value is -1.30. The van der Waals surface area contributed by atoms with E-state index in [1.54, 1.807) is 18.2 Å². The highest BCUT2D eigenvalue weighted by Gasteiger charge is 2.34. The molecule has 124 valence electrons. The minimum absolute atomic E-state index is 0.00314. The van der Waals surface area contributed by atoms with Crippen molar-refractivity contribution in [2.45, 2.75) is 31.4 Å². The molecular weight excluding hydrogens is 337 g/mol. The van der Waals surface area contributed by atoms with Crippen molar-refractivity contribution in [3.8, 4) is 0 Å². The summed E-state index contributed by atoms with van der Waals surface area (Å²) >= 11 is 12.1. The van der Waals surface area contributed by atoms with Gasteiger partial charge in [-0.15, -0.1) is 0 Å². The molecule has 0 saturated carbocycles. The van der Waals surface area contributed by atoms with Crippen LogP contribution in [0.2, 0.25) is 10.0 Å². The Morgan fingerprint density at radius 2 is 2.09 bits per heavy atom. The first-order chi connectivity index (χ1) is 11.1. The quantitative estimate of drug-likeness (QED) is 0.906. The van der Waals surface area contributed by atoms with Crippen molar-refractivity contribution in [2.75, 3.05) is 20.1 Å². The van der Waals surface area contributed by atoms with Gasteiger partial charge in [0.15, 0.2) is 0 Å². The first-order valence-electron chi connectivity index (χ1n) is 7.72. The fraction of sp³-hybridized carbons (Fsp3) is 0.500. The Kier molecular flexibility index (Phi) is 5.09. The van der Waals surface area contributed by atoms with Crippen molar-refractivity contribution in [3.05, 3.63) is 33.8 Å². The lowest BCUT2D eigenvalue weighted by atomic mass is 10.0. The molecule has 1 atom stereocenters. The second-order valence-electron chi connectivity index (χ2n) is 5.85. The van der Waals surface area contributed by atoms with Crippen LogP contribution in [0.15, 0.2) is 23.4 Å². The van der Waals surface area contributed by atoms with Crippen LogP contribution in [0.25, 0.3) is 0 Å². The lowest BCUT2D eigenvalue weighted by Crippen LogP contribution is -2.47. The zero-order valence-electron chi connectivity index (χ0n) is 12.9. The molecule has 1 fully saturated rings. The topological polar surface area (TPSA) is 53.9 Å². The van der Waals surface area contributed by atoms with E-state index in [0.717, 1.165) is 31.5 Å². The van der Waals surface area contributed by atoms with Gasteiger partial charge in [0.2, 0.25) is 6.10 Å². The number of hydrogen-bond acceptors (Lipinski definition) is 4. The molecule has 1 amide bonds. The van der Waals surface area contributed by atoms with Crippen LogP contribution in [0.1, 0.15) is 24.8 Å². The summed E-state index contributed by atoms with van der Waals surface area (Å²) < 4.78 is 0. The van der Waals surface area contributed by atoms with E-state index in [2.05, 4.69) is 10.5 Å². The number of benzene rings is 1. The summed E-state index contributed by atoms with van der Waals surface area (Å²) in [5, 5.41) is 8.39. The Bertz CT molecular complexity index is 628. The second kappa shape index (κ2) is 7.07. The van der Waals surface area contributed by atoms with Gasteiger partial charge in [-0.1, -0.05) is 34.4 Å². The number of rotatable bonds is 3. The van der Waals surface area contributed by atoms with Crippen LogP contribution in [0.3, 0.4) is 0 Å². The molecule has 0 bridgehead atoms. The van der Waals surface area contributed by atoms with E-state index in [-0.39, 0.29) is 5.91 Å². The molecule has 1 aromatic carbocycles. The molecule has 3 rings (SSSR count). The summed E-state index contributed by atoms with van der Waals surface area (Å²) in [6.45, 7) is 1.50. The maximum Gasteiger partial charge on any atom is 0.266 e. The summed E-state index contributed by atoms with van der Waals surface area (Å²) in [6, 6.07) is 5.71. The molecule has 0 spiro atoms. The van der Waals surface area contributed by atoms with Crippen LogP contribution in [0.4, 0.5) is 0 Å². The zero-order valence-corrected chi connectivity index (χ0v) is 14.4. The first-order valence-corrected chi connectivity index (χ1v) is 8.48. The maximum atomic E-state index is 12.6. The van der Waals surface area contributed by atoms with Gasteiger partial charge in [0.25, 0.3) is 5.91 Å². The van der Waals surface area contributed by atoms with Gasteiger partial charge in [-0.05, 0) is 32.0 Å². The van der Waals surface area contributed by atoms with E-state index in [4.69, 9.17) is 28.0 Å². The van der Waals surface area contributed by atoms with Gasteiger partial charge in [-0.2, -0.15) is 0 Å². The Morgan fingerprint density at radius 3 is 2.74 bits per heavy atom. The number of nitrogens with one attached hydrogen (secondary N) is 1. The van der Waals surface area contributed by atoms with Gasteiger partial charge < -0.3 is 15.1 Å². The number of piperidine rings is 1. The largest absolute Gasteiger partial charge is 0.382 e. The highest BCUT2D eigenvalue weighted by Crippen LogP contribution is 2.27. The number of carbonyl (C=O) groups excluding carboxylic acids is 1. The molecular formula is C16H19Cl2N3O2. The van der Waals surface area contributed by atoms with Gasteiger partial charge in [0.05, 0.1) is 10.7 Å². The molecule has 1 saturated heterocycles. The van der Waals surface area contributed by atoms with Crippen LogP contribution in [0, 0.1) is 0 Å². The molecule has 2 aliphatic heterocycles. The van der Waals surface area contributed by atoms with E-state index < -0.39 is 6.10 Å². The molecule has 0 aromatic heterocycles. The van der Waals surface area contributed by atoms with Crippen molar-refractivity contribution in [1.29, 1.82) is 0 Å². The maximum absolute atomic E-state index is 12.6. The van der Waals surface area contributed by atoms with E-state index in [0.29, 0.717) is 28.2 Å². The second-order valence-corrected chi connectivity index (χ2v) is 6.69. The molecule has 0 aliphatic carbocycles. The minimum atomic E-state index is -0.553. The smallest absolute Gasteiger partial charge is 0.266 e. The average molecular weight is 356 g/mol. The molecule has 1 unspecified atom stereocenters. The average Bonchev–Trinajstić information content (AvgIpc) is 3.04. The number of nitrogens with zero attached hydrogens (tertiary/aromatic N) is 2. The molecule has 0 radical (unpaired) electrons. The fourth-order valence-corrected chi connectivity index (χ4v) is 3.50. The number of likely N-dealkylation sites (tertiary alicyclic amines) is 1. The molecule has 23 heavy (non-hydrogen) atoms. The summed E-state index contributed by atoms with van der Waals surface area (Å²) in [5.74, 6) is 0.00314. The number of halogens is 2. The Morgan fingerprint density at radius 1 is 1.35 bits per heavy atom.